The molecule has 0 atom stereocenters. The summed E-state index contributed by atoms with van der Waals surface area (Å²) in [4.78, 5) is 4.36. The van der Waals surface area contributed by atoms with E-state index in [0.29, 0.717) is 5.88 Å². The Morgan fingerprint density at radius 3 is 2.45 bits per heavy atom. The Kier molecular flexibility index (Phi) is 2.50. The third-order valence-corrected chi connectivity index (χ3v) is 2.14. The maximum Gasteiger partial charge on any atom is 0.0650 e. The van der Waals surface area contributed by atoms with Crippen LogP contribution in [0, 0.1) is 20.8 Å². The standard InChI is InChI=1S/C9H12ClN/c1-6-4-7(2)9(5-10)11-8(6)3/h4H,5H2,1-3H3. The molecule has 0 fully saturated rings. The van der Waals surface area contributed by atoms with Crippen molar-refractivity contribution in [2.75, 3.05) is 0 Å². The summed E-state index contributed by atoms with van der Waals surface area (Å²) in [6.07, 6.45) is 0. The molecule has 1 aromatic heterocycles. The summed E-state index contributed by atoms with van der Waals surface area (Å²) in [5.41, 5.74) is 4.49. The SMILES string of the molecule is Cc1cc(C)c(CCl)nc1C. The highest BCUT2D eigenvalue weighted by molar-refractivity contribution is 6.17. The molecule has 60 valence electrons. The molecule has 11 heavy (non-hydrogen) atoms. The van der Waals surface area contributed by atoms with Gasteiger partial charge in [0.05, 0.1) is 11.6 Å². The first-order chi connectivity index (χ1) is 5.15. The molecule has 0 bridgehead atoms. The minimum Gasteiger partial charge on any atom is -0.256 e. The number of alkyl halides is 1. The Morgan fingerprint density at radius 1 is 1.27 bits per heavy atom. The molecule has 0 aromatic carbocycles. The van der Waals surface area contributed by atoms with E-state index < -0.39 is 0 Å². The zero-order valence-corrected chi connectivity index (χ0v) is 7.87. The third-order valence-electron chi connectivity index (χ3n) is 1.89. The average molecular weight is 170 g/mol. The van der Waals surface area contributed by atoms with Gasteiger partial charge in [0.15, 0.2) is 0 Å². The second-order valence-electron chi connectivity index (χ2n) is 2.79. The average Bonchev–Trinajstić information content (AvgIpc) is 1.97. The van der Waals surface area contributed by atoms with Crippen molar-refractivity contribution in [2.45, 2.75) is 26.7 Å². The molecule has 0 aliphatic heterocycles. The van der Waals surface area contributed by atoms with Gasteiger partial charge in [-0.15, -0.1) is 11.6 Å². The summed E-state index contributed by atoms with van der Waals surface area (Å²) >= 11 is 5.69. The van der Waals surface area contributed by atoms with E-state index in [4.69, 9.17) is 11.6 Å². The van der Waals surface area contributed by atoms with Crippen molar-refractivity contribution >= 4 is 11.6 Å². The molecular formula is C9H12ClN. The van der Waals surface area contributed by atoms with Gasteiger partial charge in [0.1, 0.15) is 0 Å². The van der Waals surface area contributed by atoms with Crippen LogP contribution in [0.4, 0.5) is 0 Å². The fraction of sp³-hybridized carbons (Fsp3) is 0.444. The maximum absolute atomic E-state index is 5.69. The van der Waals surface area contributed by atoms with E-state index >= 15 is 0 Å². The number of aromatic nitrogens is 1. The fourth-order valence-corrected chi connectivity index (χ4v) is 1.30. The van der Waals surface area contributed by atoms with E-state index in [1.165, 1.54) is 11.1 Å². The first-order valence-corrected chi connectivity index (χ1v) is 4.18. The van der Waals surface area contributed by atoms with Gasteiger partial charge < -0.3 is 0 Å². The molecule has 0 aliphatic carbocycles. The zero-order chi connectivity index (χ0) is 8.43. The van der Waals surface area contributed by atoms with Gasteiger partial charge >= 0.3 is 0 Å². The van der Waals surface area contributed by atoms with Crippen LogP contribution in [0.25, 0.3) is 0 Å². The molecule has 0 spiro atoms. The summed E-state index contributed by atoms with van der Waals surface area (Å²) < 4.78 is 0. The van der Waals surface area contributed by atoms with Crippen molar-refractivity contribution in [3.63, 3.8) is 0 Å². The fourth-order valence-electron chi connectivity index (χ4n) is 1.03. The molecule has 0 amide bonds. The molecule has 1 aromatic rings. The molecule has 0 saturated heterocycles. The monoisotopic (exact) mass is 169 g/mol. The number of nitrogens with zero attached hydrogens (tertiary/aromatic N) is 1. The topological polar surface area (TPSA) is 12.9 Å². The van der Waals surface area contributed by atoms with Gasteiger partial charge in [0, 0.05) is 5.69 Å². The number of hydrogen-bond donors (Lipinski definition) is 0. The minimum absolute atomic E-state index is 0.507. The van der Waals surface area contributed by atoms with Crippen LogP contribution in [-0.4, -0.2) is 4.98 Å². The zero-order valence-electron chi connectivity index (χ0n) is 7.11. The molecule has 0 N–H and O–H groups in total. The lowest BCUT2D eigenvalue weighted by Gasteiger charge is -2.04. The van der Waals surface area contributed by atoms with E-state index in [0.717, 1.165) is 11.4 Å². The van der Waals surface area contributed by atoms with E-state index in [2.05, 4.69) is 18.0 Å². The first-order valence-electron chi connectivity index (χ1n) is 3.65. The van der Waals surface area contributed by atoms with Crippen LogP contribution in [-0.2, 0) is 5.88 Å². The molecule has 0 aliphatic rings. The van der Waals surface area contributed by atoms with Crippen molar-refractivity contribution in [3.8, 4) is 0 Å². The molecule has 0 unspecified atom stereocenters. The van der Waals surface area contributed by atoms with Crippen LogP contribution in [0.3, 0.4) is 0 Å². The van der Waals surface area contributed by atoms with Crippen molar-refractivity contribution in [3.05, 3.63) is 28.6 Å². The number of aryl methyl sites for hydroxylation is 3. The summed E-state index contributed by atoms with van der Waals surface area (Å²) in [5, 5.41) is 0. The summed E-state index contributed by atoms with van der Waals surface area (Å²) in [6, 6.07) is 2.13. The molecule has 0 saturated carbocycles. The van der Waals surface area contributed by atoms with E-state index in [1.54, 1.807) is 0 Å². The molecule has 1 rings (SSSR count). The predicted molar refractivity (Wildman–Crippen MR) is 48.0 cm³/mol. The first kappa shape index (κ1) is 8.54. The largest absolute Gasteiger partial charge is 0.256 e. The van der Waals surface area contributed by atoms with Gasteiger partial charge in [-0.3, -0.25) is 4.98 Å². The Labute approximate surface area is 72.4 Å². The summed E-state index contributed by atoms with van der Waals surface area (Å²) in [6.45, 7) is 6.11. The van der Waals surface area contributed by atoms with Crippen molar-refractivity contribution in [2.24, 2.45) is 0 Å². The van der Waals surface area contributed by atoms with Crippen LogP contribution in [0.1, 0.15) is 22.5 Å². The lowest BCUT2D eigenvalue weighted by molar-refractivity contribution is 1.04. The maximum atomic E-state index is 5.69. The Hall–Kier alpha value is -0.560. The summed E-state index contributed by atoms with van der Waals surface area (Å²) in [7, 11) is 0. The van der Waals surface area contributed by atoms with Crippen molar-refractivity contribution in [1.82, 2.24) is 4.98 Å². The molecular weight excluding hydrogens is 158 g/mol. The number of hydrogen-bond acceptors (Lipinski definition) is 1. The Bertz CT molecular complexity index is 269. The minimum atomic E-state index is 0.507. The molecule has 1 heterocycles. The Morgan fingerprint density at radius 2 is 1.91 bits per heavy atom. The van der Waals surface area contributed by atoms with Gasteiger partial charge in [-0.2, -0.15) is 0 Å². The van der Waals surface area contributed by atoms with Gasteiger partial charge in [-0.1, -0.05) is 6.07 Å². The number of rotatable bonds is 1. The lowest BCUT2D eigenvalue weighted by Crippen LogP contribution is -1.95. The second-order valence-corrected chi connectivity index (χ2v) is 3.06. The van der Waals surface area contributed by atoms with Crippen LogP contribution in [0.15, 0.2) is 6.07 Å². The third kappa shape index (κ3) is 1.72. The molecule has 2 heteroatoms. The van der Waals surface area contributed by atoms with Crippen LogP contribution in [0.2, 0.25) is 0 Å². The lowest BCUT2D eigenvalue weighted by atomic mass is 10.1. The van der Waals surface area contributed by atoms with Crippen molar-refractivity contribution in [1.29, 1.82) is 0 Å². The number of halogens is 1. The normalized spacial score (nSPS) is 10.2. The number of pyridine rings is 1. The van der Waals surface area contributed by atoms with Gasteiger partial charge in [0.25, 0.3) is 0 Å². The Balaban J connectivity index is 3.21. The molecule has 1 nitrogen and oxygen atoms in total. The molecule has 0 radical (unpaired) electrons. The predicted octanol–water partition coefficient (Wildman–Crippen LogP) is 2.75. The smallest absolute Gasteiger partial charge is 0.0650 e. The quantitative estimate of drug-likeness (QED) is 0.590. The van der Waals surface area contributed by atoms with E-state index in [-0.39, 0.29) is 0 Å². The highest BCUT2D eigenvalue weighted by atomic mass is 35.5. The second kappa shape index (κ2) is 3.22. The van der Waals surface area contributed by atoms with Gasteiger partial charge in [0.2, 0.25) is 0 Å². The highest BCUT2D eigenvalue weighted by Crippen LogP contribution is 2.12. The van der Waals surface area contributed by atoms with Crippen molar-refractivity contribution < 1.29 is 0 Å². The van der Waals surface area contributed by atoms with Crippen LogP contribution < -0.4 is 0 Å². The highest BCUT2D eigenvalue weighted by Gasteiger charge is 2.00. The van der Waals surface area contributed by atoms with E-state index in [1.807, 2.05) is 13.8 Å². The van der Waals surface area contributed by atoms with Gasteiger partial charge in [-0.05, 0) is 31.9 Å². The summed E-state index contributed by atoms with van der Waals surface area (Å²) in [5.74, 6) is 0.507. The van der Waals surface area contributed by atoms with Crippen LogP contribution in [0.5, 0.6) is 0 Å². The van der Waals surface area contributed by atoms with E-state index in [9.17, 15) is 0 Å². The van der Waals surface area contributed by atoms with Crippen LogP contribution >= 0.6 is 11.6 Å². The van der Waals surface area contributed by atoms with Gasteiger partial charge in [-0.25, -0.2) is 0 Å².